The van der Waals surface area contributed by atoms with Gasteiger partial charge < -0.3 is 15.0 Å². The number of anilines is 1. The van der Waals surface area contributed by atoms with E-state index < -0.39 is 0 Å². The predicted molar refractivity (Wildman–Crippen MR) is 102 cm³/mol. The third kappa shape index (κ3) is 3.84. The van der Waals surface area contributed by atoms with Gasteiger partial charge in [0.25, 0.3) is 11.8 Å². The van der Waals surface area contributed by atoms with Crippen LogP contribution in [0.1, 0.15) is 27.8 Å². The van der Waals surface area contributed by atoms with Crippen LogP contribution in [-0.2, 0) is 11.3 Å². The molecule has 0 spiro atoms. The Morgan fingerprint density at radius 1 is 1.28 bits per heavy atom. The van der Waals surface area contributed by atoms with Gasteiger partial charge in [0, 0.05) is 23.2 Å². The quantitative estimate of drug-likeness (QED) is 0.720. The maximum Gasteiger partial charge on any atom is 0.274 e. The number of amides is 2. The van der Waals surface area contributed by atoms with E-state index in [9.17, 15) is 9.59 Å². The Morgan fingerprint density at radius 3 is 2.68 bits per heavy atom. The zero-order valence-electron chi connectivity index (χ0n) is 13.9. The molecule has 0 bridgehead atoms. The van der Waals surface area contributed by atoms with Crippen molar-refractivity contribution < 1.29 is 14.3 Å². The molecule has 2 aromatic rings. The second kappa shape index (κ2) is 7.96. The third-order valence-electron chi connectivity index (χ3n) is 4.01. The number of carbonyl (C=O) groups is 2. The van der Waals surface area contributed by atoms with Crippen molar-refractivity contribution in [3.8, 4) is 0 Å². The molecular weight excluding hydrogens is 435 g/mol. The van der Waals surface area contributed by atoms with Gasteiger partial charge in [-0.15, -0.1) is 0 Å². The number of nitrogens with zero attached hydrogens (tertiary/aromatic N) is 3. The minimum absolute atomic E-state index is 0.138. The highest BCUT2D eigenvalue weighted by atomic mass is 127. The lowest BCUT2D eigenvalue weighted by molar-refractivity contribution is 0.0295. The minimum Gasteiger partial charge on any atom is -0.378 e. The van der Waals surface area contributed by atoms with Crippen LogP contribution in [0.3, 0.4) is 0 Å². The van der Waals surface area contributed by atoms with Gasteiger partial charge in [-0.05, 0) is 41.6 Å². The van der Waals surface area contributed by atoms with Crippen molar-refractivity contribution >= 4 is 40.1 Å². The van der Waals surface area contributed by atoms with E-state index in [1.165, 1.54) is 6.20 Å². The molecule has 8 heteroatoms. The van der Waals surface area contributed by atoms with Crippen molar-refractivity contribution in [1.29, 1.82) is 0 Å². The van der Waals surface area contributed by atoms with Crippen LogP contribution in [0.5, 0.6) is 0 Å². The number of aryl methyl sites for hydroxylation is 1. The Balaban J connectivity index is 1.87. The number of rotatable bonds is 4. The predicted octanol–water partition coefficient (Wildman–Crippen LogP) is 2.23. The van der Waals surface area contributed by atoms with Gasteiger partial charge in [-0.1, -0.05) is 12.1 Å². The second-order valence-electron chi connectivity index (χ2n) is 5.56. The summed E-state index contributed by atoms with van der Waals surface area (Å²) < 4.78 is 7.77. The summed E-state index contributed by atoms with van der Waals surface area (Å²) in [6, 6.07) is 7.31. The highest BCUT2D eigenvalue weighted by molar-refractivity contribution is 14.1. The van der Waals surface area contributed by atoms with E-state index in [-0.39, 0.29) is 11.8 Å². The zero-order chi connectivity index (χ0) is 17.8. The number of hydrogen-bond donors (Lipinski definition) is 1. The fourth-order valence-corrected chi connectivity index (χ4v) is 3.33. The maximum atomic E-state index is 12.9. The SMILES string of the molecule is CCn1ncc(NC(=O)c2ccccc2I)c1C(=O)N1CCOCC1. The summed E-state index contributed by atoms with van der Waals surface area (Å²) in [6.45, 7) is 4.58. The molecule has 0 saturated carbocycles. The summed E-state index contributed by atoms with van der Waals surface area (Å²) >= 11 is 2.12. The Labute approximate surface area is 159 Å². The molecule has 25 heavy (non-hydrogen) atoms. The smallest absolute Gasteiger partial charge is 0.274 e. The summed E-state index contributed by atoms with van der Waals surface area (Å²) in [5, 5.41) is 7.08. The van der Waals surface area contributed by atoms with Crippen molar-refractivity contribution in [2.45, 2.75) is 13.5 Å². The molecule has 2 amide bonds. The Hall–Kier alpha value is -1.94. The van der Waals surface area contributed by atoms with Crippen molar-refractivity contribution in [1.82, 2.24) is 14.7 Å². The normalized spacial score (nSPS) is 14.4. The average molecular weight is 454 g/mol. The first-order chi connectivity index (χ1) is 12.1. The number of morpholine rings is 1. The third-order valence-corrected chi connectivity index (χ3v) is 4.95. The molecule has 0 radical (unpaired) electrons. The number of benzene rings is 1. The maximum absolute atomic E-state index is 12.9. The molecule has 0 aliphatic carbocycles. The Bertz CT molecular complexity index is 784. The lowest BCUT2D eigenvalue weighted by atomic mass is 10.2. The highest BCUT2D eigenvalue weighted by Crippen LogP contribution is 2.20. The van der Waals surface area contributed by atoms with Gasteiger partial charge in [-0.3, -0.25) is 14.3 Å². The number of aromatic nitrogens is 2. The molecule has 1 N–H and O–H groups in total. The topological polar surface area (TPSA) is 76.5 Å². The molecule has 132 valence electrons. The molecule has 3 rings (SSSR count). The van der Waals surface area contributed by atoms with Gasteiger partial charge in [-0.25, -0.2) is 0 Å². The number of halogens is 1. The molecule has 1 saturated heterocycles. The average Bonchev–Trinajstić information content (AvgIpc) is 3.04. The highest BCUT2D eigenvalue weighted by Gasteiger charge is 2.26. The molecule has 0 atom stereocenters. The molecule has 2 heterocycles. The van der Waals surface area contributed by atoms with Gasteiger partial charge in [0.2, 0.25) is 0 Å². The van der Waals surface area contributed by atoms with Gasteiger partial charge in [0.15, 0.2) is 0 Å². The van der Waals surface area contributed by atoms with E-state index >= 15 is 0 Å². The standard InChI is InChI=1S/C17H19IN4O3/c1-2-22-15(17(24)21-7-9-25-10-8-21)14(11-19-22)20-16(23)12-5-3-4-6-13(12)18/h3-6,11H,2,7-10H2,1H3,(H,20,23). The van der Waals surface area contributed by atoms with E-state index in [0.29, 0.717) is 49.8 Å². The molecule has 1 aliphatic heterocycles. The van der Waals surface area contributed by atoms with E-state index in [1.54, 1.807) is 15.6 Å². The van der Waals surface area contributed by atoms with E-state index in [4.69, 9.17) is 4.74 Å². The molecule has 0 unspecified atom stereocenters. The van der Waals surface area contributed by atoms with Crippen LogP contribution in [0.15, 0.2) is 30.5 Å². The lowest BCUT2D eigenvalue weighted by Gasteiger charge is -2.27. The monoisotopic (exact) mass is 454 g/mol. The van der Waals surface area contributed by atoms with Crippen LogP contribution in [0.2, 0.25) is 0 Å². The summed E-state index contributed by atoms with van der Waals surface area (Å²) in [5.74, 6) is -0.391. The van der Waals surface area contributed by atoms with Gasteiger partial charge >= 0.3 is 0 Å². The first-order valence-electron chi connectivity index (χ1n) is 8.10. The Kier molecular flexibility index (Phi) is 5.69. The molecule has 7 nitrogen and oxygen atoms in total. The Morgan fingerprint density at radius 2 is 2.00 bits per heavy atom. The van der Waals surface area contributed by atoms with Crippen LogP contribution in [0.4, 0.5) is 5.69 Å². The fraction of sp³-hybridized carbons (Fsp3) is 0.353. The van der Waals surface area contributed by atoms with Crippen molar-refractivity contribution in [2.24, 2.45) is 0 Å². The summed E-state index contributed by atoms with van der Waals surface area (Å²) in [6.07, 6.45) is 1.53. The second-order valence-corrected chi connectivity index (χ2v) is 6.72. The van der Waals surface area contributed by atoms with Crippen molar-refractivity contribution in [2.75, 3.05) is 31.6 Å². The molecular formula is C17H19IN4O3. The number of carbonyl (C=O) groups excluding carboxylic acids is 2. The molecule has 1 fully saturated rings. The van der Waals surface area contributed by atoms with E-state index in [0.717, 1.165) is 3.57 Å². The van der Waals surface area contributed by atoms with Crippen molar-refractivity contribution in [3.05, 3.63) is 45.3 Å². The number of ether oxygens (including phenoxy) is 1. The van der Waals surface area contributed by atoms with E-state index in [1.807, 2.05) is 25.1 Å². The van der Waals surface area contributed by atoms with Crippen LogP contribution in [0.25, 0.3) is 0 Å². The van der Waals surface area contributed by atoms with Gasteiger partial charge in [0.1, 0.15) is 5.69 Å². The number of hydrogen-bond acceptors (Lipinski definition) is 4. The van der Waals surface area contributed by atoms with Gasteiger partial charge in [-0.2, -0.15) is 5.10 Å². The lowest BCUT2D eigenvalue weighted by Crippen LogP contribution is -2.41. The fourth-order valence-electron chi connectivity index (χ4n) is 2.69. The summed E-state index contributed by atoms with van der Waals surface area (Å²) in [5.41, 5.74) is 1.41. The summed E-state index contributed by atoms with van der Waals surface area (Å²) in [7, 11) is 0. The zero-order valence-corrected chi connectivity index (χ0v) is 16.0. The van der Waals surface area contributed by atoms with Crippen LogP contribution < -0.4 is 5.32 Å². The van der Waals surface area contributed by atoms with Crippen LogP contribution in [-0.4, -0.2) is 52.8 Å². The first-order valence-corrected chi connectivity index (χ1v) is 9.18. The first kappa shape index (κ1) is 17.9. The van der Waals surface area contributed by atoms with E-state index in [2.05, 4.69) is 33.0 Å². The van der Waals surface area contributed by atoms with Crippen molar-refractivity contribution in [3.63, 3.8) is 0 Å². The van der Waals surface area contributed by atoms with Gasteiger partial charge in [0.05, 0.1) is 30.7 Å². The van der Waals surface area contributed by atoms with Crippen LogP contribution in [0, 0.1) is 3.57 Å². The summed E-state index contributed by atoms with van der Waals surface area (Å²) in [4.78, 5) is 27.2. The molecule has 1 aliphatic rings. The van der Waals surface area contributed by atoms with Crippen LogP contribution >= 0.6 is 22.6 Å². The molecule has 1 aromatic carbocycles. The minimum atomic E-state index is -0.253. The largest absolute Gasteiger partial charge is 0.378 e. The number of nitrogens with one attached hydrogen (secondary N) is 1. The molecule has 1 aromatic heterocycles.